The average molecular weight is 379 g/mol. The Hall–Kier alpha value is -2.67. The summed E-state index contributed by atoms with van der Waals surface area (Å²) in [5.41, 5.74) is -0.253. The van der Waals surface area contributed by atoms with Crippen LogP contribution in [0.25, 0.3) is 0 Å². The normalized spacial score (nSPS) is 15.2. The van der Waals surface area contributed by atoms with Gasteiger partial charge in [-0.25, -0.2) is 0 Å². The quantitative estimate of drug-likeness (QED) is 0.213. The third-order valence-corrected chi connectivity index (χ3v) is 4.11. The zero-order chi connectivity index (χ0) is 18.9. The van der Waals surface area contributed by atoms with Crippen molar-refractivity contribution in [1.29, 1.82) is 5.26 Å². The van der Waals surface area contributed by atoms with E-state index in [2.05, 4.69) is 20.9 Å². The zero-order valence-corrected chi connectivity index (χ0v) is 14.8. The molecule has 0 aliphatic carbocycles. The van der Waals surface area contributed by atoms with Crippen LogP contribution in [-0.4, -0.2) is 55.0 Å². The number of hydrogen-bond donors (Lipinski definition) is 3. The third kappa shape index (κ3) is 5.70. The zero-order valence-electron chi connectivity index (χ0n) is 14.0. The molecular formula is C16H19ClN6O3. The number of nitro benzene ring substituents is 1. The molecule has 0 atom stereocenters. The van der Waals surface area contributed by atoms with Crippen LogP contribution in [0.5, 0.6) is 0 Å². The Morgan fingerprint density at radius 3 is 2.85 bits per heavy atom. The maximum Gasteiger partial charge on any atom is 0.289 e. The Morgan fingerprint density at radius 2 is 2.19 bits per heavy atom. The molecule has 0 bridgehead atoms. The molecule has 1 heterocycles. The minimum absolute atomic E-state index is 0.0290. The summed E-state index contributed by atoms with van der Waals surface area (Å²) in [5.74, 6) is -0.654. The SMILES string of the molecule is N#C/C(=C/NCCN1CCNCC1)C(=O)Nc1ccc(Cl)c([N+](=O)[O-])c1. The largest absolute Gasteiger partial charge is 0.388 e. The Labute approximate surface area is 155 Å². The van der Waals surface area contributed by atoms with Crippen LogP contribution >= 0.6 is 11.6 Å². The Balaban J connectivity index is 1.90. The number of rotatable bonds is 7. The van der Waals surface area contributed by atoms with Crippen molar-refractivity contribution in [3.05, 3.63) is 45.1 Å². The Morgan fingerprint density at radius 1 is 1.46 bits per heavy atom. The molecule has 0 unspecified atom stereocenters. The predicted octanol–water partition coefficient (Wildman–Crippen LogP) is 1.09. The van der Waals surface area contributed by atoms with Gasteiger partial charge in [0, 0.05) is 57.2 Å². The number of nitrogens with zero attached hydrogens (tertiary/aromatic N) is 3. The molecule has 10 heteroatoms. The summed E-state index contributed by atoms with van der Waals surface area (Å²) in [6.07, 6.45) is 1.35. The number of carbonyl (C=O) groups excluding carboxylic acids is 1. The van der Waals surface area contributed by atoms with Crippen molar-refractivity contribution in [2.24, 2.45) is 0 Å². The molecule has 0 radical (unpaired) electrons. The fraction of sp³-hybridized carbons (Fsp3) is 0.375. The lowest BCUT2D eigenvalue weighted by molar-refractivity contribution is -0.384. The molecule has 1 aromatic carbocycles. The van der Waals surface area contributed by atoms with E-state index in [0.29, 0.717) is 6.54 Å². The van der Waals surface area contributed by atoms with Crippen LogP contribution in [0.15, 0.2) is 30.0 Å². The van der Waals surface area contributed by atoms with Gasteiger partial charge in [-0.05, 0) is 12.1 Å². The lowest BCUT2D eigenvalue weighted by atomic mass is 10.2. The van der Waals surface area contributed by atoms with Crippen molar-refractivity contribution in [2.75, 3.05) is 44.6 Å². The smallest absolute Gasteiger partial charge is 0.289 e. The summed E-state index contributed by atoms with van der Waals surface area (Å²) in [6.45, 7) is 5.25. The van der Waals surface area contributed by atoms with Crippen molar-refractivity contribution in [3.63, 3.8) is 0 Å². The highest BCUT2D eigenvalue weighted by Gasteiger charge is 2.15. The maximum absolute atomic E-state index is 12.1. The maximum atomic E-state index is 12.1. The molecule has 1 fully saturated rings. The first-order valence-electron chi connectivity index (χ1n) is 8.03. The molecule has 1 amide bonds. The number of carbonyl (C=O) groups is 1. The van der Waals surface area contributed by atoms with Crippen LogP contribution in [0.3, 0.4) is 0 Å². The molecule has 1 aliphatic heterocycles. The summed E-state index contributed by atoms with van der Waals surface area (Å²) in [5, 5.41) is 28.7. The highest BCUT2D eigenvalue weighted by molar-refractivity contribution is 6.32. The molecule has 2 rings (SSSR count). The second kappa shape index (κ2) is 9.72. The summed E-state index contributed by atoms with van der Waals surface area (Å²) in [4.78, 5) is 24.7. The lowest BCUT2D eigenvalue weighted by Gasteiger charge is -2.26. The second-order valence-electron chi connectivity index (χ2n) is 5.59. The van der Waals surface area contributed by atoms with Crippen LogP contribution in [-0.2, 0) is 4.79 Å². The first-order valence-corrected chi connectivity index (χ1v) is 8.41. The third-order valence-electron chi connectivity index (χ3n) is 3.79. The number of piperazine rings is 1. The number of nitro groups is 1. The van der Waals surface area contributed by atoms with E-state index in [1.807, 2.05) is 6.07 Å². The number of anilines is 1. The van der Waals surface area contributed by atoms with Crippen molar-refractivity contribution >= 4 is 28.9 Å². The molecule has 1 saturated heterocycles. The van der Waals surface area contributed by atoms with Gasteiger partial charge in [-0.15, -0.1) is 0 Å². The van der Waals surface area contributed by atoms with Crippen LogP contribution < -0.4 is 16.0 Å². The standard InChI is InChI=1S/C16H19ClN6O3/c17-14-2-1-13(9-15(14)23(25)26)21-16(24)12(10-18)11-20-5-8-22-6-3-19-4-7-22/h1-2,9,11,19-20H,3-8H2,(H,21,24)/b12-11-. The van der Waals surface area contributed by atoms with Gasteiger partial charge in [0.1, 0.15) is 16.7 Å². The minimum atomic E-state index is -0.654. The molecule has 1 aromatic rings. The van der Waals surface area contributed by atoms with E-state index in [4.69, 9.17) is 16.9 Å². The van der Waals surface area contributed by atoms with Crippen LogP contribution in [0, 0.1) is 21.4 Å². The predicted molar refractivity (Wildman–Crippen MR) is 97.7 cm³/mol. The average Bonchev–Trinajstić information content (AvgIpc) is 2.64. The van der Waals surface area contributed by atoms with E-state index >= 15 is 0 Å². The summed E-state index contributed by atoms with van der Waals surface area (Å²) in [7, 11) is 0. The molecule has 26 heavy (non-hydrogen) atoms. The van der Waals surface area contributed by atoms with E-state index in [-0.39, 0.29) is 22.0 Å². The van der Waals surface area contributed by atoms with E-state index in [1.54, 1.807) is 0 Å². The van der Waals surface area contributed by atoms with Crippen molar-refractivity contribution in [3.8, 4) is 6.07 Å². The Bertz CT molecular complexity index is 740. The second-order valence-corrected chi connectivity index (χ2v) is 6.00. The van der Waals surface area contributed by atoms with Gasteiger partial charge in [0.2, 0.25) is 0 Å². The topological polar surface area (TPSA) is 123 Å². The molecule has 138 valence electrons. The van der Waals surface area contributed by atoms with E-state index < -0.39 is 10.8 Å². The van der Waals surface area contributed by atoms with Gasteiger partial charge in [0.25, 0.3) is 11.6 Å². The molecule has 3 N–H and O–H groups in total. The molecule has 0 saturated carbocycles. The molecule has 1 aliphatic rings. The molecule has 0 spiro atoms. The number of nitrogens with one attached hydrogen (secondary N) is 3. The number of halogens is 1. The summed E-state index contributed by atoms with van der Waals surface area (Å²) < 4.78 is 0. The van der Waals surface area contributed by atoms with Crippen molar-refractivity contribution in [2.45, 2.75) is 0 Å². The number of amides is 1. The summed E-state index contributed by atoms with van der Waals surface area (Å²) >= 11 is 5.73. The van der Waals surface area contributed by atoms with Gasteiger partial charge in [0.05, 0.1) is 4.92 Å². The van der Waals surface area contributed by atoms with Crippen LogP contribution in [0.4, 0.5) is 11.4 Å². The summed E-state index contributed by atoms with van der Waals surface area (Å²) in [6, 6.07) is 5.71. The first-order chi connectivity index (χ1) is 12.5. The van der Waals surface area contributed by atoms with Crippen molar-refractivity contribution in [1.82, 2.24) is 15.5 Å². The van der Waals surface area contributed by atoms with Gasteiger partial charge in [-0.3, -0.25) is 19.8 Å². The van der Waals surface area contributed by atoms with E-state index in [9.17, 15) is 14.9 Å². The highest BCUT2D eigenvalue weighted by atomic mass is 35.5. The fourth-order valence-corrected chi connectivity index (χ4v) is 2.60. The first kappa shape index (κ1) is 19.7. The Kier molecular flexibility index (Phi) is 7.35. The highest BCUT2D eigenvalue weighted by Crippen LogP contribution is 2.27. The minimum Gasteiger partial charge on any atom is -0.388 e. The molecule has 0 aromatic heterocycles. The number of hydrogen-bond acceptors (Lipinski definition) is 7. The number of nitriles is 1. The van der Waals surface area contributed by atoms with Gasteiger partial charge in [0.15, 0.2) is 0 Å². The van der Waals surface area contributed by atoms with Gasteiger partial charge < -0.3 is 16.0 Å². The fourth-order valence-electron chi connectivity index (χ4n) is 2.41. The van der Waals surface area contributed by atoms with Crippen LogP contribution in [0.1, 0.15) is 0 Å². The van der Waals surface area contributed by atoms with E-state index in [0.717, 1.165) is 38.8 Å². The van der Waals surface area contributed by atoms with E-state index in [1.165, 1.54) is 18.3 Å². The lowest BCUT2D eigenvalue weighted by Crippen LogP contribution is -2.45. The monoisotopic (exact) mass is 378 g/mol. The van der Waals surface area contributed by atoms with Crippen LogP contribution in [0.2, 0.25) is 5.02 Å². The number of benzene rings is 1. The van der Waals surface area contributed by atoms with Crippen molar-refractivity contribution < 1.29 is 9.72 Å². The molecular weight excluding hydrogens is 360 g/mol. The van der Waals surface area contributed by atoms with Gasteiger partial charge in [-0.1, -0.05) is 11.6 Å². The van der Waals surface area contributed by atoms with Gasteiger partial charge >= 0.3 is 0 Å². The molecule has 9 nitrogen and oxygen atoms in total. The van der Waals surface area contributed by atoms with Gasteiger partial charge in [-0.2, -0.15) is 5.26 Å².